The molecular formula is C20H19NO4. The third-order valence-electron chi connectivity index (χ3n) is 3.37. The molecule has 0 radical (unpaired) electrons. The van der Waals surface area contributed by atoms with E-state index in [1.807, 2.05) is 36.4 Å². The minimum absolute atomic E-state index is 0.0975. The molecule has 2 aromatic rings. The average molecular weight is 337 g/mol. The maximum atomic E-state index is 11.8. The van der Waals surface area contributed by atoms with Gasteiger partial charge in [-0.05, 0) is 24.6 Å². The van der Waals surface area contributed by atoms with E-state index in [0.29, 0.717) is 23.7 Å². The fourth-order valence-electron chi connectivity index (χ4n) is 2.19. The van der Waals surface area contributed by atoms with Gasteiger partial charge in [0.05, 0.1) is 13.7 Å². The lowest BCUT2D eigenvalue weighted by Gasteiger charge is -2.13. The van der Waals surface area contributed by atoms with Gasteiger partial charge in [0.15, 0.2) is 11.5 Å². The smallest absolute Gasteiger partial charge is 0.348 e. The van der Waals surface area contributed by atoms with Crippen molar-refractivity contribution in [2.24, 2.45) is 0 Å². The zero-order chi connectivity index (χ0) is 18.1. The number of hydrogen-bond donors (Lipinski definition) is 0. The van der Waals surface area contributed by atoms with Crippen LogP contribution in [0, 0.1) is 11.3 Å². The molecule has 0 unspecified atom stereocenters. The average Bonchev–Trinajstić information content (AvgIpc) is 2.65. The van der Waals surface area contributed by atoms with E-state index in [1.54, 1.807) is 25.1 Å². The fourth-order valence-corrected chi connectivity index (χ4v) is 2.19. The molecule has 25 heavy (non-hydrogen) atoms. The SMILES string of the molecule is CCOC(=O)/C(C#N)=C/c1cccc(OC)c1OCc1ccccc1. The zero-order valence-corrected chi connectivity index (χ0v) is 14.2. The Morgan fingerprint density at radius 2 is 1.92 bits per heavy atom. The van der Waals surface area contributed by atoms with Gasteiger partial charge >= 0.3 is 5.97 Å². The molecule has 0 saturated heterocycles. The van der Waals surface area contributed by atoms with Crippen molar-refractivity contribution in [3.8, 4) is 17.6 Å². The highest BCUT2D eigenvalue weighted by Gasteiger charge is 2.14. The number of hydrogen-bond acceptors (Lipinski definition) is 5. The lowest BCUT2D eigenvalue weighted by molar-refractivity contribution is -0.137. The number of nitrogens with zero attached hydrogens (tertiary/aromatic N) is 1. The third-order valence-corrected chi connectivity index (χ3v) is 3.37. The number of nitriles is 1. The van der Waals surface area contributed by atoms with Gasteiger partial charge in [-0.3, -0.25) is 0 Å². The molecule has 0 spiro atoms. The Bertz CT molecular complexity index is 791. The molecule has 0 bridgehead atoms. The van der Waals surface area contributed by atoms with Crippen molar-refractivity contribution in [1.82, 2.24) is 0 Å². The van der Waals surface area contributed by atoms with Gasteiger partial charge in [0, 0.05) is 5.56 Å². The molecule has 0 atom stereocenters. The summed E-state index contributed by atoms with van der Waals surface area (Å²) in [5.41, 5.74) is 1.47. The van der Waals surface area contributed by atoms with Crippen molar-refractivity contribution < 1.29 is 19.0 Å². The molecule has 128 valence electrons. The number of esters is 1. The summed E-state index contributed by atoms with van der Waals surface area (Å²) in [6.45, 7) is 2.23. The topological polar surface area (TPSA) is 68.6 Å². The number of carbonyl (C=O) groups is 1. The van der Waals surface area contributed by atoms with Crippen LogP contribution in [0.15, 0.2) is 54.1 Å². The minimum atomic E-state index is -0.665. The Kier molecular flexibility index (Phi) is 6.61. The third kappa shape index (κ3) is 4.85. The standard InChI is InChI=1S/C20H19NO4/c1-3-24-20(22)17(13-21)12-16-10-7-11-18(23-2)19(16)25-14-15-8-5-4-6-9-15/h4-12H,3,14H2,1-2H3/b17-12+. The highest BCUT2D eigenvalue weighted by molar-refractivity contribution is 5.98. The van der Waals surface area contributed by atoms with Gasteiger partial charge in [-0.25, -0.2) is 4.79 Å². The highest BCUT2D eigenvalue weighted by atomic mass is 16.5. The number of benzene rings is 2. The van der Waals surface area contributed by atoms with E-state index in [4.69, 9.17) is 14.2 Å². The monoisotopic (exact) mass is 337 g/mol. The first-order valence-corrected chi connectivity index (χ1v) is 7.82. The van der Waals surface area contributed by atoms with Crippen molar-refractivity contribution in [1.29, 1.82) is 5.26 Å². The van der Waals surface area contributed by atoms with Crippen LogP contribution >= 0.6 is 0 Å². The molecule has 0 saturated carbocycles. The fraction of sp³-hybridized carbons (Fsp3) is 0.200. The molecule has 5 nitrogen and oxygen atoms in total. The van der Waals surface area contributed by atoms with E-state index < -0.39 is 5.97 Å². The van der Waals surface area contributed by atoms with Gasteiger partial charge in [0.25, 0.3) is 0 Å². The largest absolute Gasteiger partial charge is 0.493 e. The summed E-state index contributed by atoms with van der Waals surface area (Å²) in [6.07, 6.45) is 1.45. The van der Waals surface area contributed by atoms with Crippen LogP contribution in [0.5, 0.6) is 11.5 Å². The Labute approximate surface area is 147 Å². The number of rotatable bonds is 7. The molecule has 0 aromatic heterocycles. The van der Waals surface area contributed by atoms with Crippen LogP contribution in [0.4, 0.5) is 0 Å². The number of carbonyl (C=O) groups excluding carboxylic acids is 1. The number of methoxy groups -OCH3 is 1. The molecule has 2 rings (SSSR count). The summed E-state index contributed by atoms with van der Waals surface area (Å²) >= 11 is 0. The zero-order valence-electron chi connectivity index (χ0n) is 14.2. The maximum absolute atomic E-state index is 11.8. The highest BCUT2D eigenvalue weighted by Crippen LogP contribution is 2.33. The predicted molar refractivity (Wildman–Crippen MR) is 94.0 cm³/mol. The first-order chi connectivity index (χ1) is 12.2. The second-order valence-corrected chi connectivity index (χ2v) is 5.04. The van der Waals surface area contributed by atoms with E-state index in [0.717, 1.165) is 5.56 Å². The molecule has 0 amide bonds. The summed E-state index contributed by atoms with van der Waals surface area (Å²) in [6, 6.07) is 16.8. The Morgan fingerprint density at radius 3 is 2.56 bits per heavy atom. The van der Waals surface area contributed by atoms with E-state index >= 15 is 0 Å². The van der Waals surface area contributed by atoms with Gasteiger partial charge in [0.1, 0.15) is 18.2 Å². The molecule has 0 aliphatic heterocycles. The first kappa shape index (κ1) is 18.1. The Morgan fingerprint density at radius 1 is 1.16 bits per heavy atom. The first-order valence-electron chi connectivity index (χ1n) is 7.82. The quantitative estimate of drug-likeness (QED) is 0.437. The van der Waals surface area contributed by atoms with E-state index in [9.17, 15) is 10.1 Å². The molecular weight excluding hydrogens is 318 g/mol. The van der Waals surface area contributed by atoms with Gasteiger partial charge in [-0.1, -0.05) is 42.5 Å². The van der Waals surface area contributed by atoms with Gasteiger partial charge in [-0.15, -0.1) is 0 Å². The summed E-state index contributed by atoms with van der Waals surface area (Å²) in [5, 5.41) is 9.22. The Balaban J connectivity index is 2.34. The van der Waals surface area contributed by atoms with Gasteiger partial charge in [0.2, 0.25) is 0 Å². The Hall–Kier alpha value is -3.26. The molecule has 0 heterocycles. The molecule has 0 aliphatic rings. The lowest BCUT2D eigenvalue weighted by Crippen LogP contribution is -2.06. The van der Waals surface area contributed by atoms with Crippen LogP contribution in [0.3, 0.4) is 0 Å². The molecule has 0 fully saturated rings. The van der Waals surface area contributed by atoms with E-state index in [1.165, 1.54) is 13.2 Å². The van der Waals surface area contributed by atoms with Crippen molar-refractivity contribution in [3.63, 3.8) is 0 Å². The maximum Gasteiger partial charge on any atom is 0.348 e. The van der Waals surface area contributed by atoms with Crippen molar-refractivity contribution in [3.05, 3.63) is 65.2 Å². The number of para-hydroxylation sites is 1. The molecule has 2 aromatic carbocycles. The van der Waals surface area contributed by atoms with Crippen LogP contribution in [0.25, 0.3) is 6.08 Å². The normalized spacial score (nSPS) is 10.7. The van der Waals surface area contributed by atoms with E-state index in [-0.39, 0.29) is 12.2 Å². The van der Waals surface area contributed by atoms with E-state index in [2.05, 4.69) is 0 Å². The van der Waals surface area contributed by atoms with Crippen LogP contribution in [0.1, 0.15) is 18.1 Å². The molecule has 0 N–H and O–H groups in total. The van der Waals surface area contributed by atoms with Gasteiger partial charge < -0.3 is 14.2 Å². The van der Waals surface area contributed by atoms with Crippen LogP contribution in [-0.2, 0) is 16.1 Å². The molecule has 5 heteroatoms. The summed E-state index contributed by atoms with van der Waals surface area (Å²) < 4.78 is 16.1. The van der Waals surface area contributed by atoms with Crippen LogP contribution in [-0.4, -0.2) is 19.7 Å². The molecule has 0 aliphatic carbocycles. The lowest BCUT2D eigenvalue weighted by atomic mass is 10.1. The van der Waals surface area contributed by atoms with Crippen LogP contribution in [0.2, 0.25) is 0 Å². The summed E-state index contributed by atoms with van der Waals surface area (Å²) in [5.74, 6) is 0.318. The predicted octanol–water partition coefficient (Wildman–Crippen LogP) is 3.74. The van der Waals surface area contributed by atoms with Gasteiger partial charge in [-0.2, -0.15) is 5.26 Å². The summed E-state index contributed by atoms with van der Waals surface area (Å²) in [4.78, 5) is 11.8. The second-order valence-electron chi connectivity index (χ2n) is 5.04. The van der Waals surface area contributed by atoms with Crippen molar-refractivity contribution >= 4 is 12.0 Å². The van der Waals surface area contributed by atoms with Crippen molar-refractivity contribution in [2.75, 3.05) is 13.7 Å². The van der Waals surface area contributed by atoms with Crippen LogP contribution < -0.4 is 9.47 Å². The number of ether oxygens (including phenoxy) is 3. The minimum Gasteiger partial charge on any atom is -0.493 e. The second kappa shape index (κ2) is 9.14. The van der Waals surface area contributed by atoms with Crippen molar-refractivity contribution in [2.45, 2.75) is 13.5 Å². The summed E-state index contributed by atoms with van der Waals surface area (Å²) in [7, 11) is 1.54.